The summed E-state index contributed by atoms with van der Waals surface area (Å²) in [5.41, 5.74) is 8.89. The standard InChI is InChI=1S/C28H28N4O4/c1-35-14-13-24(32-28-23-8-4-7-22(27(29)34)26(23)30-17-31-28)20-6-3-5-18(15-20)16-25(33)19-9-11-21(36-2)12-10-19/h3-12,15,17,24H,13-14,16H2,1-2H3,(H2,29,34)(H,30,31,32)/t24-/m0/s1. The van der Waals surface area contributed by atoms with E-state index in [1.807, 2.05) is 30.3 Å². The van der Waals surface area contributed by atoms with Gasteiger partial charge in [-0.3, -0.25) is 9.59 Å². The van der Waals surface area contributed by atoms with E-state index in [2.05, 4.69) is 15.3 Å². The maximum absolute atomic E-state index is 12.9. The quantitative estimate of drug-likeness (QED) is 0.304. The first-order valence-corrected chi connectivity index (χ1v) is 11.5. The van der Waals surface area contributed by atoms with E-state index in [0.717, 1.165) is 11.1 Å². The lowest BCUT2D eigenvalue weighted by molar-refractivity contribution is 0.0988. The fraction of sp³-hybridized carbons (Fsp3) is 0.214. The van der Waals surface area contributed by atoms with E-state index in [4.69, 9.17) is 15.2 Å². The van der Waals surface area contributed by atoms with Gasteiger partial charge in [-0.25, -0.2) is 9.97 Å². The first-order chi connectivity index (χ1) is 17.5. The van der Waals surface area contributed by atoms with Crippen LogP contribution in [0, 0.1) is 0 Å². The van der Waals surface area contributed by atoms with Gasteiger partial charge in [0, 0.05) is 31.1 Å². The largest absolute Gasteiger partial charge is 0.497 e. The van der Waals surface area contributed by atoms with Gasteiger partial charge >= 0.3 is 0 Å². The van der Waals surface area contributed by atoms with E-state index in [1.165, 1.54) is 6.33 Å². The number of hydrogen-bond acceptors (Lipinski definition) is 7. The minimum absolute atomic E-state index is 0.0250. The number of methoxy groups -OCH3 is 2. The van der Waals surface area contributed by atoms with Gasteiger partial charge in [0.25, 0.3) is 5.91 Å². The smallest absolute Gasteiger partial charge is 0.250 e. The second-order valence-electron chi connectivity index (χ2n) is 8.34. The molecule has 1 amide bonds. The minimum Gasteiger partial charge on any atom is -0.497 e. The molecule has 0 fully saturated rings. The lowest BCUT2D eigenvalue weighted by Crippen LogP contribution is -2.16. The Hall–Kier alpha value is -4.30. The number of nitrogens with two attached hydrogens (primary N) is 1. The molecule has 0 saturated carbocycles. The summed E-state index contributed by atoms with van der Waals surface area (Å²) in [6.07, 6.45) is 2.34. The lowest BCUT2D eigenvalue weighted by Gasteiger charge is -2.21. The Balaban J connectivity index is 1.60. The highest BCUT2D eigenvalue weighted by atomic mass is 16.5. The van der Waals surface area contributed by atoms with Crippen molar-refractivity contribution < 1.29 is 19.1 Å². The number of ketones is 1. The summed E-state index contributed by atoms with van der Waals surface area (Å²) in [4.78, 5) is 33.4. The van der Waals surface area contributed by atoms with Gasteiger partial charge in [-0.15, -0.1) is 0 Å². The van der Waals surface area contributed by atoms with E-state index >= 15 is 0 Å². The number of primary amides is 1. The van der Waals surface area contributed by atoms with E-state index < -0.39 is 5.91 Å². The fourth-order valence-corrected chi connectivity index (χ4v) is 4.11. The molecule has 0 spiro atoms. The van der Waals surface area contributed by atoms with E-state index in [1.54, 1.807) is 50.6 Å². The van der Waals surface area contributed by atoms with Crippen molar-refractivity contribution in [1.29, 1.82) is 0 Å². The van der Waals surface area contributed by atoms with Crippen molar-refractivity contribution in [2.45, 2.75) is 18.9 Å². The van der Waals surface area contributed by atoms with Crippen molar-refractivity contribution in [1.82, 2.24) is 9.97 Å². The Kier molecular flexibility index (Phi) is 7.87. The van der Waals surface area contributed by atoms with Crippen molar-refractivity contribution in [3.05, 3.63) is 95.3 Å². The Morgan fingerprint density at radius 2 is 1.78 bits per heavy atom. The van der Waals surface area contributed by atoms with Crippen LogP contribution in [0.1, 0.15) is 44.3 Å². The molecule has 0 bridgehead atoms. The van der Waals surface area contributed by atoms with Crippen molar-refractivity contribution in [3.63, 3.8) is 0 Å². The number of nitrogens with zero attached hydrogens (tertiary/aromatic N) is 2. The van der Waals surface area contributed by atoms with Crippen molar-refractivity contribution >= 4 is 28.4 Å². The number of benzene rings is 3. The number of rotatable bonds is 11. The molecule has 1 aromatic heterocycles. The van der Waals surface area contributed by atoms with Gasteiger partial charge in [0.05, 0.1) is 24.2 Å². The van der Waals surface area contributed by atoms with Gasteiger partial charge in [-0.05, 0) is 53.9 Å². The van der Waals surface area contributed by atoms with Crippen LogP contribution in [0.2, 0.25) is 0 Å². The highest BCUT2D eigenvalue weighted by Gasteiger charge is 2.17. The van der Waals surface area contributed by atoms with Crippen LogP contribution in [-0.4, -0.2) is 42.5 Å². The molecule has 8 nitrogen and oxygen atoms in total. The number of carbonyl (C=O) groups is 2. The third-order valence-electron chi connectivity index (χ3n) is 5.98. The van der Waals surface area contributed by atoms with Gasteiger partial charge in [0.15, 0.2) is 5.78 Å². The normalized spacial score (nSPS) is 11.7. The van der Waals surface area contributed by atoms with Gasteiger partial charge < -0.3 is 20.5 Å². The van der Waals surface area contributed by atoms with E-state index in [9.17, 15) is 9.59 Å². The molecule has 1 heterocycles. The monoisotopic (exact) mass is 484 g/mol. The molecule has 0 aliphatic heterocycles. The van der Waals surface area contributed by atoms with Gasteiger partial charge in [0.2, 0.25) is 0 Å². The molecule has 36 heavy (non-hydrogen) atoms. The van der Waals surface area contributed by atoms with Gasteiger partial charge in [-0.1, -0.05) is 30.3 Å². The number of amides is 1. The minimum atomic E-state index is -0.546. The highest BCUT2D eigenvalue weighted by Crippen LogP contribution is 2.28. The van der Waals surface area contributed by atoms with Crippen LogP contribution in [0.3, 0.4) is 0 Å². The van der Waals surface area contributed by atoms with Crippen molar-refractivity contribution in [3.8, 4) is 5.75 Å². The molecular formula is C28H28N4O4. The second kappa shape index (κ2) is 11.4. The Bertz CT molecular complexity index is 1370. The predicted octanol–water partition coefficient (Wildman–Crippen LogP) is 4.35. The molecule has 3 N–H and O–H groups in total. The number of ether oxygens (including phenoxy) is 2. The molecule has 0 unspecified atom stereocenters. The molecule has 3 aromatic carbocycles. The highest BCUT2D eigenvalue weighted by molar-refractivity contribution is 6.06. The first kappa shape index (κ1) is 24.8. The lowest BCUT2D eigenvalue weighted by atomic mass is 9.97. The zero-order valence-electron chi connectivity index (χ0n) is 20.2. The van der Waals surface area contributed by atoms with Gasteiger partial charge in [0.1, 0.15) is 17.9 Å². The maximum atomic E-state index is 12.9. The van der Waals surface area contributed by atoms with Crippen LogP contribution in [0.4, 0.5) is 5.82 Å². The third kappa shape index (κ3) is 5.67. The average Bonchev–Trinajstić information content (AvgIpc) is 2.90. The molecule has 4 rings (SSSR count). The number of aromatic nitrogens is 2. The molecular weight excluding hydrogens is 456 g/mol. The number of nitrogens with one attached hydrogen (secondary N) is 1. The number of anilines is 1. The molecule has 8 heteroatoms. The molecule has 0 radical (unpaired) electrons. The van der Waals surface area contributed by atoms with Gasteiger partial charge in [-0.2, -0.15) is 0 Å². The number of carbonyl (C=O) groups excluding carboxylic acids is 2. The number of Topliss-reactive ketones (excluding diaryl/α,β-unsaturated/α-hetero) is 1. The number of hydrogen-bond donors (Lipinski definition) is 2. The maximum Gasteiger partial charge on any atom is 0.250 e. The Labute approximate surface area is 209 Å². The summed E-state index contributed by atoms with van der Waals surface area (Å²) in [5.74, 6) is 0.775. The summed E-state index contributed by atoms with van der Waals surface area (Å²) in [7, 11) is 3.25. The second-order valence-corrected chi connectivity index (χ2v) is 8.34. The van der Waals surface area contributed by atoms with Crippen LogP contribution in [-0.2, 0) is 11.2 Å². The van der Waals surface area contributed by atoms with Crippen molar-refractivity contribution in [2.75, 3.05) is 26.1 Å². The summed E-state index contributed by atoms with van der Waals surface area (Å²) in [6, 6.07) is 20.1. The molecule has 1 atom stereocenters. The Morgan fingerprint density at radius 1 is 1.00 bits per heavy atom. The van der Waals surface area contributed by atoms with Crippen LogP contribution < -0.4 is 15.8 Å². The molecule has 0 aliphatic carbocycles. The fourth-order valence-electron chi connectivity index (χ4n) is 4.11. The van der Waals surface area contributed by atoms with Crippen LogP contribution >= 0.6 is 0 Å². The first-order valence-electron chi connectivity index (χ1n) is 11.5. The SMILES string of the molecule is COCC[C@H](Nc1ncnc2c(C(N)=O)cccc12)c1cccc(CC(=O)c2ccc(OC)cc2)c1. The van der Waals surface area contributed by atoms with E-state index in [-0.39, 0.29) is 18.2 Å². The number of para-hydroxylation sites is 1. The van der Waals surface area contributed by atoms with E-state index in [0.29, 0.717) is 46.6 Å². The zero-order valence-corrected chi connectivity index (χ0v) is 20.2. The summed E-state index contributed by atoms with van der Waals surface area (Å²) in [5, 5.41) is 4.18. The summed E-state index contributed by atoms with van der Waals surface area (Å²) >= 11 is 0. The topological polar surface area (TPSA) is 116 Å². The molecule has 0 aliphatic rings. The summed E-state index contributed by atoms with van der Waals surface area (Å²) in [6.45, 7) is 0.516. The van der Waals surface area contributed by atoms with Crippen LogP contribution in [0.15, 0.2) is 73.1 Å². The predicted molar refractivity (Wildman–Crippen MR) is 138 cm³/mol. The van der Waals surface area contributed by atoms with Crippen LogP contribution in [0.5, 0.6) is 5.75 Å². The summed E-state index contributed by atoms with van der Waals surface area (Å²) < 4.78 is 10.5. The average molecular weight is 485 g/mol. The third-order valence-corrected chi connectivity index (χ3v) is 5.98. The van der Waals surface area contributed by atoms with Crippen LogP contribution in [0.25, 0.3) is 10.9 Å². The molecule has 0 saturated heterocycles. The Morgan fingerprint density at radius 3 is 2.50 bits per heavy atom. The number of fused-ring (bicyclic) bond motifs is 1. The molecule has 4 aromatic rings. The van der Waals surface area contributed by atoms with Crippen molar-refractivity contribution in [2.24, 2.45) is 5.73 Å². The molecule has 184 valence electrons. The zero-order chi connectivity index (χ0) is 25.5.